The minimum absolute atomic E-state index is 0.456. The first-order valence-corrected chi connectivity index (χ1v) is 8.89. The molecule has 0 amide bonds. The minimum atomic E-state index is 0.456. The topological polar surface area (TPSA) is 34.1 Å². The van der Waals surface area contributed by atoms with Crippen LogP contribution in [0.4, 0.5) is 0 Å². The SMILES string of the molecule is CCNC(=NCC1CN(C)CCN1C)N1CCC(C)(CC)C1. The Morgan fingerprint density at radius 3 is 2.64 bits per heavy atom. The second-order valence-corrected chi connectivity index (χ2v) is 7.43. The first-order chi connectivity index (χ1) is 10.5. The molecule has 2 fully saturated rings. The van der Waals surface area contributed by atoms with Crippen LogP contribution in [0.2, 0.25) is 0 Å². The molecule has 2 heterocycles. The Balaban J connectivity index is 1.98. The van der Waals surface area contributed by atoms with Crippen molar-refractivity contribution >= 4 is 5.96 Å². The van der Waals surface area contributed by atoms with Gasteiger partial charge < -0.3 is 15.1 Å². The molecule has 1 N–H and O–H groups in total. The molecule has 2 atom stereocenters. The number of hydrogen-bond acceptors (Lipinski definition) is 3. The summed E-state index contributed by atoms with van der Waals surface area (Å²) in [6.07, 6.45) is 2.53. The number of nitrogens with zero attached hydrogens (tertiary/aromatic N) is 4. The van der Waals surface area contributed by atoms with E-state index >= 15 is 0 Å². The lowest BCUT2D eigenvalue weighted by atomic mass is 9.87. The molecule has 2 saturated heterocycles. The van der Waals surface area contributed by atoms with Crippen LogP contribution in [0.15, 0.2) is 4.99 Å². The second kappa shape index (κ2) is 7.64. The standard InChI is InChI=1S/C17H35N5/c1-6-17(3)8-9-22(14-17)16(18-7-2)19-12-15-13-20(4)10-11-21(15)5/h15H,6-14H2,1-5H3,(H,18,19). The molecular weight excluding hydrogens is 274 g/mol. The number of guanidine groups is 1. The van der Waals surface area contributed by atoms with Crippen LogP contribution in [-0.4, -0.2) is 86.6 Å². The van der Waals surface area contributed by atoms with Gasteiger partial charge in [-0.25, -0.2) is 0 Å². The Hall–Kier alpha value is -0.810. The minimum Gasteiger partial charge on any atom is -0.357 e. The summed E-state index contributed by atoms with van der Waals surface area (Å²) in [5.41, 5.74) is 0.456. The molecule has 5 heteroatoms. The van der Waals surface area contributed by atoms with Gasteiger partial charge in [-0.15, -0.1) is 0 Å². The van der Waals surface area contributed by atoms with E-state index in [2.05, 4.69) is 54.9 Å². The van der Waals surface area contributed by atoms with Crippen molar-refractivity contribution < 1.29 is 0 Å². The summed E-state index contributed by atoms with van der Waals surface area (Å²) in [5.74, 6) is 1.11. The number of nitrogens with one attached hydrogen (secondary N) is 1. The average molecular weight is 310 g/mol. The molecule has 2 unspecified atom stereocenters. The molecule has 0 aromatic heterocycles. The van der Waals surface area contributed by atoms with Crippen LogP contribution in [0, 0.1) is 5.41 Å². The second-order valence-electron chi connectivity index (χ2n) is 7.43. The van der Waals surface area contributed by atoms with Gasteiger partial charge >= 0.3 is 0 Å². The summed E-state index contributed by atoms with van der Waals surface area (Å²) in [7, 11) is 4.44. The van der Waals surface area contributed by atoms with Gasteiger partial charge in [-0.1, -0.05) is 13.8 Å². The van der Waals surface area contributed by atoms with Crippen LogP contribution in [0.1, 0.15) is 33.6 Å². The van der Waals surface area contributed by atoms with Gasteiger partial charge in [0.15, 0.2) is 5.96 Å². The van der Waals surface area contributed by atoms with Gasteiger partial charge in [0.25, 0.3) is 0 Å². The smallest absolute Gasteiger partial charge is 0.193 e. The van der Waals surface area contributed by atoms with E-state index in [1.165, 1.54) is 12.8 Å². The van der Waals surface area contributed by atoms with Crippen LogP contribution in [0.5, 0.6) is 0 Å². The molecular formula is C17H35N5. The third-order valence-corrected chi connectivity index (χ3v) is 5.48. The van der Waals surface area contributed by atoms with Crippen LogP contribution >= 0.6 is 0 Å². The van der Waals surface area contributed by atoms with E-state index in [4.69, 9.17) is 4.99 Å². The lowest BCUT2D eigenvalue weighted by Crippen LogP contribution is -2.51. The molecule has 2 rings (SSSR count). The van der Waals surface area contributed by atoms with Gasteiger partial charge in [0.2, 0.25) is 0 Å². The van der Waals surface area contributed by atoms with Gasteiger partial charge in [-0.2, -0.15) is 0 Å². The Morgan fingerprint density at radius 2 is 2.00 bits per heavy atom. The highest BCUT2D eigenvalue weighted by Crippen LogP contribution is 2.32. The number of likely N-dealkylation sites (tertiary alicyclic amines) is 1. The van der Waals surface area contributed by atoms with Crippen LogP contribution in [0.25, 0.3) is 0 Å². The third-order valence-electron chi connectivity index (χ3n) is 5.48. The van der Waals surface area contributed by atoms with E-state index < -0.39 is 0 Å². The molecule has 0 saturated carbocycles. The zero-order chi connectivity index (χ0) is 16.2. The Kier molecular flexibility index (Phi) is 6.09. The fourth-order valence-electron chi connectivity index (χ4n) is 3.41. The monoisotopic (exact) mass is 309 g/mol. The molecule has 0 bridgehead atoms. The highest BCUT2D eigenvalue weighted by atomic mass is 15.3. The summed E-state index contributed by atoms with van der Waals surface area (Å²) in [6.45, 7) is 14.4. The van der Waals surface area contributed by atoms with Crippen molar-refractivity contribution in [1.29, 1.82) is 0 Å². The summed E-state index contributed by atoms with van der Waals surface area (Å²) in [6, 6.07) is 0.535. The highest BCUT2D eigenvalue weighted by Gasteiger charge is 2.33. The van der Waals surface area contributed by atoms with Crippen molar-refractivity contribution in [2.75, 3.05) is 59.9 Å². The van der Waals surface area contributed by atoms with E-state index in [0.717, 1.165) is 51.8 Å². The van der Waals surface area contributed by atoms with Gasteiger partial charge in [0.05, 0.1) is 6.54 Å². The van der Waals surface area contributed by atoms with E-state index in [0.29, 0.717) is 11.5 Å². The third kappa shape index (κ3) is 4.35. The molecule has 22 heavy (non-hydrogen) atoms. The molecule has 2 aliphatic heterocycles. The molecule has 0 aromatic rings. The predicted molar refractivity (Wildman–Crippen MR) is 94.5 cm³/mol. The van der Waals surface area contributed by atoms with Crippen molar-refractivity contribution in [1.82, 2.24) is 20.0 Å². The lowest BCUT2D eigenvalue weighted by Gasteiger charge is -2.37. The van der Waals surface area contributed by atoms with Gasteiger partial charge in [-0.05, 0) is 39.3 Å². The molecule has 0 radical (unpaired) electrons. The summed E-state index contributed by atoms with van der Waals surface area (Å²) < 4.78 is 0. The molecule has 2 aliphatic rings. The fourth-order valence-corrected chi connectivity index (χ4v) is 3.41. The predicted octanol–water partition coefficient (Wildman–Crippen LogP) is 1.32. The van der Waals surface area contributed by atoms with E-state index in [1.54, 1.807) is 0 Å². The molecule has 0 spiro atoms. The van der Waals surface area contributed by atoms with E-state index in [1.807, 2.05) is 0 Å². The van der Waals surface area contributed by atoms with Crippen molar-refractivity contribution in [3.05, 3.63) is 0 Å². The highest BCUT2D eigenvalue weighted by molar-refractivity contribution is 5.80. The van der Waals surface area contributed by atoms with Crippen molar-refractivity contribution in [2.45, 2.75) is 39.7 Å². The van der Waals surface area contributed by atoms with E-state index in [-0.39, 0.29) is 0 Å². The first kappa shape index (κ1) is 17.5. The van der Waals surface area contributed by atoms with Crippen molar-refractivity contribution in [2.24, 2.45) is 10.4 Å². The molecule has 5 nitrogen and oxygen atoms in total. The largest absolute Gasteiger partial charge is 0.357 e. The summed E-state index contributed by atoms with van der Waals surface area (Å²) >= 11 is 0. The quantitative estimate of drug-likeness (QED) is 0.627. The zero-order valence-electron chi connectivity index (χ0n) is 15.2. The Labute approximate surface area is 136 Å². The average Bonchev–Trinajstić information content (AvgIpc) is 2.90. The first-order valence-electron chi connectivity index (χ1n) is 8.89. The fraction of sp³-hybridized carbons (Fsp3) is 0.941. The van der Waals surface area contributed by atoms with Crippen LogP contribution in [-0.2, 0) is 0 Å². The van der Waals surface area contributed by atoms with Gasteiger partial charge in [-0.3, -0.25) is 9.89 Å². The Bertz CT molecular complexity index is 383. The summed E-state index contributed by atoms with van der Waals surface area (Å²) in [4.78, 5) is 12.3. The summed E-state index contributed by atoms with van der Waals surface area (Å²) in [5, 5.41) is 3.50. The number of rotatable bonds is 4. The number of hydrogen-bond donors (Lipinski definition) is 1. The number of aliphatic imine (C=N–C) groups is 1. The van der Waals surface area contributed by atoms with Crippen molar-refractivity contribution in [3.63, 3.8) is 0 Å². The van der Waals surface area contributed by atoms with E-state index in [9.17, 15) is 0 Å². The number of likely N-dealkylation sites (N-methyl/N-ethyl adjacent to an activating group) is 2. The molecule has 0 aliphatic carbocycles. The van der Waals surface area contributed by atoms with Crippen LogP contribution < -0.4 is 5.32 Å². The van der Waals surface area contributed by atoms with Gasteiger partial charge in [0.1, 0.15) is 0 Å². The normalized spacial score (nSPS) is 31.8. The molecule has 0 aromatic carbocycles. The van der Waals surface area contributed by atoms with Crippen LogP contribution in [0.3, 0.4) is 0 Å². The molecule has 128 valence electrons. The lowest BCUT2D eigenvalue weighted by molar-refractivity contribution is 0.119. The zero-order valence-corrected chi connectivity index (χ0v) is 15.2. The maximum Gasteiger partial charge on any atom is 0.193 e. The van der Waals surface area contributed by atoms with Crippen molar-refractivity contribution in [3.8, 4) is 0 Å². The maximum atomic E-state index is 4.97. The van der Waals surface area contributed by atoms with Gasteiger partial charge in [0, 0.05) is 45.3 Å². The Morgan fingerprint density at radius 1 is 1.23 bits per heavy atom. The maximum absolute atomic E-state index is 4.97. The number of piperazine rings is 1.